The Morgan fingerprint density at radius 2 is 1.85 bits per heavy atom. The number of aliphatic hydroxyl groups excluding tert-OH is 1. The number of hydrogen-bond acceptors (Lipinski definition) is 5. The Kier molecular flexibility index (Phi) is 5.20. The number of aliphatic hydroxyl groups is 1. The zero-order chi connectivity index (χ0) is 19.8. The van der Waals surface area contributed by atoms with Gasteiger partial charge in [-0.2, -0.15) is 4.31 Å². The first-order chi connectivity index (χ1) is 12.6. The molecule has 1 aliphatic rings. The third-order valence-electron chi connectivity index (χ3n) is 4.85. The molecule has 0 spiro atoms. The van der Waals surface area contributed by atoms with E-state index in [1.54, 1.807) is 32.0 Å². The molecule has 0 aromatic heterocycles. The summed E-state index contributed by atoms with van der Waals surface area (Å²) in [6.45, 7) is 3.87. The zero-order valence-corrected chi connectivity index (χ0v) is 16.7. The van der Waals surface area contributed by atoms with E-state index < -0.39 is 27.8 Å². The second-order valence-corrected chi connectivity index (χ2v) is 9.39. The fourth-order valence-electron chi connectivity index (χ4n) is 3.18. The van der Waals surface area contributed by atoms with Crippen molar-refractivity contribution in [1.82, 2.24) is 4.31 Å². The van der Waals surface area contributed by atoms with Gasteiger partial charge in [-0.1, -0.05) is 30.3 Å². The predicted molar refractivity (Wildman–Crippen MR) is 103 cm³/mol. The lowest BCUT2D eigenvalue weighted by molar-refractivity contribution is -0.0763. The first-order valence-corrected chi connectivity index (χ1v) is 10.6. The monoisotopic (exact) mass is 391 g/mol. The second kappa shape index (κ2) is 7.14. The highest BCUT2D eigenvalue weighted by atomic mass is 32.2. The van der Waals surface area contributed by atoms with E-state index in [9.17, 15) is 13.5 Å². The Morgan fingerprint density at radius 1 is 1.19 bits per heavy atom. The van der Waals surface area contributed by atoms with Gasteiger partial charge < -0.3 is 14.6 Å². The van der Waals surface area contributed by atoms with Crippen LogP contribution in [0.4, 0.5) is 0 Å². The Hall–Kier alpha value is -2.09. The number of ether oxygens (including phenoxy) is 2. The lowest BCUT2D eigenvalue weighted by Gasteiger charge is -2.44. The van der Waals surface area contributed by atoms with Gasteiger partial charge in [0.1, 0.15) is 29.8 Å². The molecule has 2 atom stereocenters. The molecule has 0 saturated carbocycles. The molecule has 0 amide bonds. The molecule has 0 fully saturated rings. The van der Waals surface area contributed by atoms with Crippen molar-refractivity contribution in [3.05, 3.63) is 59.7 Å². The van der Waals surface area contributed by atoms with Crippen molar-refractivity contribution in [3.8, 4) is 11.5 Å². The van der Waals surface area contributed by atoms with Crippen LogP contribution in [0, 0.1) is 0 Å². The van der Waals surface area contributed by atoms with Gasteiger partial charge in [-0.3, -0.25) is 0 Å². The fraction of sp³-hybridized carbons (Fsp3) is 0.400. The lowest BCUT2D eigenvalue weighted by atomic mass is 9.86. The SMILES string of the molecule is CN([C@H]1c2cc(OCc3ccccc3)ccc2OC(C)(C)[C@@H]1O)S(C)(=O)=O. The van der Waals surface area contributed by atoms with Crippen LogP contribution in [-0.4, -0.2) is 42.8 Å². The Labute approximate surface area is 160 Å². The standard InChI is InChI=1S/C20H25NO5S/c1-20(2)19(22)18(21(3)27(4,23)24)16-12-15(10-11-17(16)26-20)25-13-14-8-6-5-7-9-14/h5-12,18-19,22H,13H2,1-4H3/t18-,19+/m0/s1. The molecule has 2 aromatic carbocycles. The molecular formula is C20H25NO5S. The maximum absolute atomic E-state index is 12.1. The normalized spacial score (nSPS) is 21.4. The molecule has 146 valence electrons. The minimum atomic E-state index is -3.52. The third-order valence-corrected chi connectivity index (χ3v) is 6.12. The van der Waals surface area contributed by atoms with E-state index in [-0.39, 0.29) is 0 Å². The van der Waals surface area contributed by atoms with Gasteiger partial charge in [0.15, 0.2) is 0 Å². The fourth-order valence-corrected chi connectivity index (χ4v) is 3.82. The summed E-state index contributed by atoms with van der Waals surface area (Å²) in [4.78, 5) is 0. The van der Waals surface area contributed by atoms with E-state index in [4.69, 9.17) is 9.47 Å². The molecule has 0 radical (unpaired) electrons. The van der Waals surface area contributed by atoms with E-state index in [1.807, 2.05) is 30.3 Å². The van der Waals surface area contributed by atoms with E-state index in [0.717, 1.165) is 11.8 Å². The van der Waals surface area contributed by atoms with Crippen LogP contribution in [0.25, 0.3) is 0 Å². The van der Waals surface area contributed by atoms with Gasteiger partial charge in [0.25, 0.3) is 0 Å². The first-order valence-electron chi connectivity index (χ1n) is 8.70. The summed E-state index contributed by atoms with van der Waals surface area (Å²) in [5, 5.41) is 10.8. The smallest absolute Gasteiger partial charge is 0.211 e. The van der Waals surface area contributed by atoms with E-state index in [2.05, 4.69) is 0 Å². The molecular weight excluding hydrogens is 366 g/mol. The van der Waals surface area contributed by atoms with Gasteiger partial charge in [0.2, 0.25) is 10.0 Å². The highest BCUT2D eigenvalue weighted by Crippen LogP contribution is 2.44. The first kappa shape index (κ1) is 19.7. The summed E-state index contributed by atoms with van der Waals surface area (Å²) in [6, 6.07) is 14.3. The number of benzene rings is 2. The molecule has 1 heterocycles. The summed E-state index contributed by atoms with van der Waals surface area (Å²) in [6.07, 6.45) is 0.0894. The molecule has 6 nitrogen and oxygen atoms in total. The average Bonchev–Trinajstić information content (AvgIpc) is 2.60. The third kappa shape index (κ3) is 4.10. The van der Waals surface area contributed by atoms with E-state index in [0.29, 0.717) is 23.7 Å². The summed E-state index contributed by atoms with van der Waals surface area (Å²) < 4.78 is 37.2. The highest BCUT2D eigenvalue weighted by molar-refractivity contribution is 7.88. The number of fused-ring (bicyclic) bond motifs is 1. The second-order valence-electron chi connectivity index (χ2n) is 7.35. The minimum absolute atomic E-state index is 0.390. The van der Waals surface area contributed by atoms with Crippen LogP contribution in [0.5, 0.6) is 11.5 Å². The van der Waals surface area contributed by atoms with Gasteiger partial charge in [-0.15, -0.1) is 0 Å². The topological polar surface area (TPSA) is 76.1 Å². The molecule has 1 N–H and O–H groups in total. The lowest BCUT2D eigenvalue weighted by Crippen LogP contribution is -2.53. The molecule has 3 rings (SSSR count). The molecule has 0 unspecified atom stereocenters. The Morgan fingerprint density at radius 3 is 2.48 bits per heavy atom. The largest absolute Gasteiger partial charge is 0.489 e. The minimum Gasteiger partial charge on any atom is -0.489 e. The van der Waals surface area contributed by atoms with Gasteiger partial charge in [0.05, 0.1) is 12.3 Å². The summed E-state index contributed by atoms with van der Waals surface area (Å²) >= 11 is 0. The average molecular weight is 391 g/mol. The van der Waals surface area contributed by atoms with Crippen molar-refractivity contribution in [3.63, 3.8) is 0 Å². The van der Waals surface area contributed by atoms with Crippen LogP contribution >= 0.6 is 0 Å². The zero-order valence-electron chi connectivity index (χ0n) is 15.9. The van der Waals surface area contributed by atoms with Crippen molar-refractivity contribution < 1.29 is 23.0 Å². The number of rotatable bonds is 5. The highest BCUT2D eigenvalue weighted by Gasteiger charge is 2.46. The quantitative estimate of drug-likeness (QED) is 0.848. The van der Waals surface area contributed by atoms with Gasteiger partial charge in [0, 0.05) is 12.6 Å². The summed E-state index contributed by atoms with van der Waals surface area (Å²) in [5.41, 5.74) is 0.681. The van der Waals surface area contributed by atoms with Crippen molar-refractivity contribution in [2.45, 2.75) is 38.2 Å². The molecule has 0 saturated heterocycles. The number of likely N-dealkylation sites (N-methyl/N-ethyl adjacent to an activating group) is 1. The maximum Gasteiger partial charge on any atom is 0.211 e. The van der Waals surface area contributed by atoms with Crippen LogP contribution in [0.2, 0.25) is 0 Å². The van der Waals surface area contributed by atoms with E-state index >= 15 is 0 Å². The van der Waals surface area contributed by atoms with Crippen molar-refractivity contribution in [2.75, 3.05) is 13.3 Å². The van der Waals surface area contributed by atoms with Gasteiger partial charge in [-0.05, 0) is 37.6 Å². The van der Waals surface area contributed by atoms with Crippen LogP contribution in [0.3, 0.4) is 0 Å². The van der Waals surface area contributed by atoms with Gasteiger partial charge >= 0.3 is 0 Å². The number of hydrogen-bond donors (Lipinski definition) is 1. The Balaban J connectivity index is 1.95. The summed E-state index contributed by atoms with van der Waals surface area (Å²) in [5.74, 6) is 1.12. The number of sulfonamides is 1. The predicted octanol–water partition coefficient (Wildman–Crippen LogP) is 2.73. The van der Waals surface area contributed by atoms with Crippen LogP contribution in [0.1, 0.15) is 31.0 Å². The molecule has 27 heavy (non-hydrogen) atoms. The molecule has 1 aliphatic heterocycles. The van der Waals surface area contributed by atoms with Crippen molar-refractivity contribution >= 4 is 10.0 Å². The van der Waals surface area contributed by atoms with Crippen LogP contribution in [0.15, 0.2) is 48.5 Å². The Bertz CT molecular complexity index is 911. The van der Waals surface area contributed by atoms with Crippen LogP contribution < -0.4 is 9.47 Å². The van der Waals surface area contributed by atoms with Gasteiger partial charge in [-0.25, -0.2) is 8.42 Å². The molecule has 0 bridgehead atoms. The number of nitrogens with zero attached hydrogens (tertiary/aromatic N) is 1. The van der Waals surface area contributed by atoms with Crippen molar-refractivity contribution in [1.29, 1.82) is 0 Å². The molecule has 2 aromatic rings. The molecule has 7 heteroatoms. The maximum atomic E-state index is 12.1. The van der Waals surface area contributed by atoms with E-state index in [1.165, 1.54) is 11.4 Å². The molecule has 0 aliphatic carbocycles. The van der Waals surface area contributed by atoms with Crippen molar-refractivity contribution in [2.24, 2.45) is 0 Å². The van der Waals surface area contributed by atoms with Crippen LogP contribution in [-0.2, 0) is 16.6 Å². The summed E-state index contributed by atoms with van der Waals surface area (Å²) in [7, 11) is -2.06.